The lowest BCUT2D eigenvalue weighted by molar-refractivity contribution is 0.0592. The molecule has 0 aliphatic carbocycles. The van der Waals surface area contributed by atoms with Crippen LogP contribution in [0.25, 0.3) is 0 Å². The van der Waals surface area contributed by atoms with Crippen LogP contribution in [0, 0.1) is 0 Å². The molecular formula is C14H32O4Si. The predicted molar refractivity (Wildman–Crippen MR) is 80.8 cm³/mol. The lowest BCUT2D eigenvalue weighted by Gasteiger charge is -2.37. The Hall–Kier alpha value is 0.0569. The quantitative estimate of drug-likeness (QED) is 0.408. The Kier molecular flexibility index (Phi) is 10.8. The van der Waals surface area contributed by atoms with E-state index in [4.69, 9.17) is 18.3 Å². The third kappa shape index (κ3) is 6.86. The van der Waals surface area contributed by atoms with Crippen LogP contribution in [0.2, 0.25) is 11.1 Å². The van der Waals surface area contributed by atoms with Gasteiger partial charge in [0.1, 0.15) is 0 Å². The van der Waals surface area contributed by atoms with Crippen molar-refractivity contribution in [2.24, 2.45) is 0 Å². The van der Waals surface area contributed by atoms with Crippen molar-refractivity contribution in [2.45, 2.75) is 52.6 Å². The van der Waals surface area contributed by atoms with Crippen LogP contribution in [-0.2, 0) is 18.3 Å². The molecular weight excluding hydrogens is 260 g/mol. The van der Waals surface area contributed by atoms with Gasteiger partial charge in [-0.25, -0.2) is 0 Å². The molecule has 0 bridgehead atoms. The first-order chi connectivity index (χ1) is 9.01. The summed E-state index contributed by atoms with van der Waals surface area (Å²) in [6.07, 6.45) is 0. The minimum atomic E-state index is -2.21. The van der Waals surface area contributed by atoms with Crippen molar-refractivity contribution < 1.29 is 18.3 Å². The van der Waals surface area contributed by atoms with E-state index in [0.29, 0.717) is 37.5 Å². The van der Waals surface area contributed by atoms with Gasteiger partial charge in [0.15, 0.2) is 0 Å². The summed E-state index contributed by atoms with van der Waals surface area (Å²) < 4.78 is 23.0. The van der Waals surface area contributed by atoms with Gasteiger partial charge in [0.05, 0.1) is 26.4 Å². The van der Waals surface area contributed by atoms with Crippen LogP contribution >= 0.6 is 0 Å². The van der Waals surface area contributed by atoms with E-state index < -0.39 is 8.56 Å². The number of rotatable bonds is 12. The highest BCUT2D eigenvalue weighted by atomic mass is 28.4. The Morgan fingerprint density at radius 1 is 0.684 bits per heavy atom. The second kappa shape index (κ2) is 10.8. The van der Waals surface area contributed by atoms with Crippen molar-refractivity contribution >= 4 is 8.56 Å². The minimum absolute atomic E-state index is 0.413. The van der Waals surface area contributed by atoms with Gasteiger partial charge in [0, 0.05) is 13.2 Å². The fraction of sp³-hybridized carbons (Fsp3) is 1.00. The fourth-order valence-electron chi connectivity index (χ4n) is 2.18. The van der Waals surface area contributed by atoms with Crippen LogP contribution in [0.5, 0.6) is 0 Å². The first-order valence-electron chi connectivity index (χ1n) is 7.44. The maximum absolute atomic E-state index is 6.17. The largest absolute Gasteiger partial charge is 0.391 e. The summed E-state index contributed by atoms with van der Waals surface area (Å²) in [5.74, 6) is 0. The van der Waals surface area contributed by atoms with E-state index in [2.05, 4.69) is 27.7 Å². The zero-order valence-electron chi connectivity index (χ0n) is 13.5. The van der Waals surface area contributed by atoms with E-state index in [1.165, 1.54) is 0 Å². The zero-order valence-corrected chi connectivity index (χ0v) is 14.5. The van der Waals surface area contributed by atoms with Crippen LogP contribution in [-0.4, -0.2) is 48.2 Å². The van der Waals surface area contributed by atoms with Crippen LogP contribution in [0.3, 0.4) is 0 Å². The average Bonchev–Trinajstić information content (AvgIpc) is 2.36. The molecule has 0 rings (SSSR count). The van der Waals surface area contributed by atoms with E-state index in [1.54, 1.807) is 0 Å². The van der Waals surface area contributed by atoms with E-state index in [9.17, 15) is 0 Å². The van der Waals surface area contributed by atoms with E-state index in [0.717, 1.165) is 13.2 Å². The van der Waals surface area contributed by atoms with Crippen LogP contribution < -0.4 is 0 Å². The lowest BCUT2D eigenvalue weighted by atomic mass is 10.5. The summed E-state index contributed by atoms with van der Waals surface area (Å²) in [6, 6.07) is 0. The number of hydrogen-bond acceptors (Lipinski definition) is 4. The Labute approximate surface area is 120 Å². The van der Waals surface area contributed by atoms with Crippen molar-refractivity contribution in [3.8, 4) is 0 Å². The van der Waals surface area contributed by atoms with Crippen LogP contribution in [0.4, 0.5) is 0 Å². The standard InChI is InChI=1S/C14H32O4Si/c1-7-15-9-11-17-19(13(3)4,14(5)6)18-12-10-16-8-2/h13-14H,7-12H2,1-6H3. The molecule has 0 aromatic heterocycles. The molecule has 4 nitrogen and oxygen atoms in total. The molecule has 0 amide bonds. The second-order valence-electron chi connectivity index (χ2n) is 5.12. The smallest absolute Gasteiger partial charge is 0.343 e. The third-order valence-corrected chi connectivity index (χ3v) is 7.66. The molecule has 0 aromatic carbocycles. The summed E-state index contributed by atoms with van der Waals surface area (Å²) in [7, 11) is -2.21. The van der Waals surface area contributed by atoms with Gasteiger partial charge in [-0.2, -0.15) is 0 Å². The fourth-order valence-corrected chi connectivity index (χ4v) is 5.74. The van der Waals surface area contributed by atoms with Crippen molar-refractivity contribution in [1.29, 1.82) is 0 Å². The van der Waals surface area contributed by atoms with Crippen molar-refractivity contribution in [1.82, 2.24) is 0 Å². The summed E-state index contributed by atoms with van der Waals surface area (Å²) >= 11 is 0. The topological polar surface area (TPSA) is 36.9 Å². The molecule has 116 valence electrons. The third-order valence-electron chi connectivity index (χ3n) is 3.13. The van der Waals surface area contributed by atoms with Gasteiger partial charge >= 0.3 is 8.56 Å². The van der Waals surface area contributed by atoms with Gasteiger partial charge in [-0.1, -0.05) is 27.7 Å². The molecule has 0 aromatic rings. The molecule has 0 saturated heterocycles. The Morgan fingerprint density at radius 2 is 1.05 bits per heavy atom. The number of ether oxygens (including phenoxy) is 2. The van der Waals surface area contributed by atoms with Crippen LogP contribution in [0.15, 0.2) is 0 Å². The molecule has 0 atom stereocenters. The van der Waals surface area contributed by atoms with E-state index in [-0.39, 0.29) is 0 Å². The van der Waals surface area contributed by atoms with Gasteiger partial charge in [-0.15, -0.1) is 0 Å². The molecule has 0 fully saturated rings. The normalized spacial score (nSPS) is 12.6. The van der Waals surface area contributed by atoms with Crippen molar-refractivity contribution in [2.75, 3.05) is 39.6 Å². The van der Waals surface area contributed by atoms with Crippen molar-refractivity contribution in [3.05, 3.63) is 0 Å². The highest BCUT2D eigenvalue weighted by Crippen LogP contribution is 2.34. The van der Waals surface area contributed by atoms with E-state index >= 15 is 0 Å². The average molecular weight is 292 g/mol. The molecule has 0 radical (unpaired) electrons. The monoisotopic (exact) mass is 292 g/mol. The SMILES string of the molecule is CCOCCO[Si](OCCOCC)(C(C)C)C(C)C. The van der Waals surface area contributed by atoms with Crippen molar-refractivity contribution in [3.63, 3.8) is 0 Å². The van der Waals surface area contributed by atoms with E-state index in [1.807, 2.05) is 13.8 Å². The molecule has 0 N–H and O–H groups in total. The lowest BCUT2D eigenvalue weighted by Crippen LogP contribution is -2.49. The second-order valence-corrected chi connectivity index (χ2v) is 9.45. The maximum Gasteiger partial charge on any atom is 0.343 e. The summed E-state index contributed by atoms with van der Waals surface area (Å²) in [4.78, 5) is 0. The summed E-state index contributed by atoms with van der Waals surface area (Å²) in [5, 5.41) is 0. The molecule has 5 heteroatoms. The summed E-state index contributed by atoms with van der Waals surface area (Å²) in [6.45, 7) is 16.7. The number of hydrogen-bond donors (Lipinski definition) is 0. The van der Waals surface area contributed by atoms with Crippen LogP contribution in [0.1, 0.15) is 41.5 Å². The first kappa shape index (κ1) is 19.1. The molecule has 0 aliphatic rings. The predicted octanol–water partition coefficient (Wildman–Crippen LogP) is 3.35. The van der Waals surface area contributed by atoms with Gasteiger partial charge < -0.3 is 18.3 Å². The Bertz CT molecular complexity index is 188. The highest BCUT2D eigenvalue weighted by molar-refractivity contribution is 6.70. The zero-order chi connectivity index (χ0) is 14.7. The molecule has 0 aliphatic heterocycles. The maximum atomic E-state index is 6.17. The Morgan fingerprint density at radius 3 is 1.32 bits per heavy atom. The highest BCUT2D eigenvalue weighted by Gasteiger charge is 2.44. The molecule has 0 unspecified atom stereocenters. The minimum Gasteiger partial charge on any atom is -0.391 e. The molecule has 0 spiro atoms. The molecule has 19 heavy (non-hydrogen) atoms. The van der Waals surface area contributed by atoms with Gasteiger partial charge in [0.25, 0.3) is 0 Å². The van der Waals surface area contributed by atoms with Gasteiger partial charge in [0.2, 0.25) is 0 Å². The molecule has 0 saturated carbocycles. The first-order valence-corrected chi connectivity index (χ1v) is 9.41. The summed E-state index contributed by atoms with van der Waals surface area (Å²) in [5.41, 5.74) is 0.825. The molecule has 0 heterocycles. The van der Waals surface area contributed by atoms with Gasteiger partial charge in [-0.05, 0) is 24.9 Å². The Balaban J connectivity index is 4.41. The van der Waals surface area contributed by atoms with Gasteiger partial charge in [-0.3, -0.25) is 0 Å².